The molecule has 2 heterocycles. The molecular weight excluding hydrogens is 270 g/mol. The first-order chi connectivity index (χ1) is 10.1. The van der Waals surface area contributed by atoms with Gasteiger partial charge >= 0.3 is 0 Å². The van der Waals surface area contributed by atoms with Crippen LogP contribution in [-0.4, -0.2) is 17.5 Å². The lowest BCUT2D eigenvalue weighted by atomic mass is 9.97. The van der Waals surface area contributed by atoms with Crippen molar-refractivity contribution in [3.8, 4) is 0 Å². The second kappa shape index (κ2) is 6.19. The summed E-state index contributed by atoms with van der Waals surface area (Å²) in [7, 11) is 0. The second-order valence-electron chi connectivity index (χ2n) is 4.57. The molecule has 0 spiro atoms. The van der Waals surface area contributed by atoms with Crippen molar-refractivity contribution < 1.29 is 9.59 Å². The number of nitrogens with zero attached hydrogens (tertiary/aromatic N) is 1. The van der Waals surface area contributed by atoms with E-state index in [-0.39, 0.29) is 5.57 Å². The van der Waals surface area contributed by atoms with Gasteiger partial charge in [0.25, 0.3) is 11.8 Å². The molecule has 0 atom stereocenters. The highest BCUT2D eigenvalue weighted by Gasteiger charge is 2.23. The topological polar surface area (TPSA) is 109 Å². The summed E-state index contributed by atoms with van der Waals surface area (Å²) >= 11 is 0. The van der Waals surface area contributed by atoms with Crippen LogP contribution in [-0.2, 0) is 9.59 Å². The monoisotopic (exact) mass is 287 g/mol. The van der Waals surface area contributed by atoms with Crippen LogP contribution in [0.15, 0.2) is 52.4 Å². The third-order valence-corrected chi connectivity index (χ3v) is 3.26. The maximum atomic E-state index is 11.8. The van der Waals surface area contributed by atoms with Gasteiger partial charge in [0.2, 0.25) is 0 Å². The van der Waals surface area contributed by atoms with Crippen molar-refractivity contribution >= 4 is 17.5 Å². The molecule has 0 aromatic carbocycles. The highest BCUT2D eigenvalue weighted by atomic mass is 16.2. The van der Waals surface area contributed by atoms with E-state index in [1.807, 2.05) is 13.0 Å². The molecule has 2 bridgehead atoms. The maximum Gasteiger partial charge on any atom is 0.270 e. The minimum atomic E-state index is -0.473. The SMILES string of the molecule is C=C1/C=C\C(CC)=C2/C/C(=N\NC1=O)C(C(=O)NN)=CN2. The van der Waals surface area contributed by atoms with E-state index in [9.17, 15) is 9.59 Å². The van der Waals surface area contributed by atoms with Gasteiger partial charge in [0.15, 0.2) is 0 Å². The zero-order chi connectivity index (χ0) is 15.4. The summed E-state index contributed by atoms with van der Waals surface area (Å²) in [6, 6.07) is 0. The predicted molar refractivity (Wildman–Crippen MR) is 79.3 cm³/mol. The van der Waals surface area contributed by atoms with Crippen LogP contribution < -0.4 is 22.0 Å². The van der Waals surface area contributed by atoms with Gasteiger partial charge in [-0.2, -0.15) is 5.10 Å². The molecule has 0 unspecified atom stereocenters. The van der Waals surface area contributed by atoms with E-state index in [4.69, 9.17) is 5.84 Å². The molecule has 2 aliphatic rings. The Hall–Kier alpha value is -2.67. The lowest BCUT2D eigenvalue weighted by molar-refractivity contribution is -0.118. The van der Waals surface area contributed by atoms with Gasteiger partial charge in [-0.25, -0.2) is 11.3 Å². The summed E-state index contributed by atoms with van der Waals surface area (Å²) in [6.07, 6.45) is 6.20. The average molecular weight is 287 g/mol. The molecule has 0 radical (unpaired) electrons. The van der Waals surface area contributed by atoms with Crippen LogP contribution >= 0.6 is 0 Å². The van der Waals surface area contributed by atoms with Crippen molar-refractivity contribution in [3.63, 3.8) is 0 Å². The lowest BCUT2D eigenvalue weighted by Crippen LogP contribution is -2.38. The fourth-order valence-electron chi connectivity index (χ4n) is 2.04. The Kier molecular flexibility index (Phi) is 4.34. The second-order valence-corrected chi connectivity index (χ2v) is 4.57. The van der Waals surface area contributed by atoms with E-state index in [2.05, 4.69) is 27.8 Å². The van der Waals surface area contributed by atoms with Gasteiger partial charge in [0.05, 0.1) is 11.3 Å². The number of rotatable bonds is 2. The molecule has 0 aromatic rings. The molecule has 0 saturated carbocycles. The molecule has 0 aromatic heterocycles. The summed E-state index contributed by atoms with van der Waals surface area (Å²) < 4.78 is 0. The molecule has 2 aliphatic heterocycles. The summed E-state index contributed by atoms with van der Waals surface area (Å²) in [5.41, 5.74) is 7.40. The minimum absolute atomic E-state index is 0.284. The highest BCUT2D eigenvalue weighted by molar-refractivity contribution is 6.22. The first kappa shape index (κ1) is 14.7. The van der Waals surface area contributed by atoms with Gasteiger partial charge in [-0.05, 0) is 18.1 Å². The highest BCUT2D eigenvalue weighted by Crippen LogP contribution is 2.20. The first-order valence-corrected chi connectivity index (χ1v) is 6.50. The third kappa shape index (κ3) is 3.09. The molecule has 7 heteroatoms. The van der Waals surface area contributed by atoms with Gasteiger partial charge in [-0.3, -0.25) is 15.0 Å². The van der Waals surface area contributed by atoms with Crippen LogP contribution in [0.4, 0.5) is 0 Å². The number of hydrogen-bond donors (Lipinski definition) is 4. The van der Waals surface area contributed by atoms with E-state index in [1.54, 1.807) is 6.08 Å². The van der Waals surface area contributed by atoms with Gasteiger partial charge in [0, 0.05) is 23.9 Å². The molecule has 7 nitrogen and oxygen atoms in total. The fourth-order valence-corrected chi connectivity index (χ4v) is 2.04. The molecular formula is C14H17N5O2. The molecule has 0 fully saturated rings. The van der Waals surface area contributed by atoms with Gasteiger partial charge in [-0.1, -0.05) is 19.6 Å². The van der Waals surface area contributed by atoms with Crippen LogP contribution in [0.1, 0.15) is 19.8 Å². The quantitative estimate of drug-likeness (QED) is 0.250. The average Bonchev–Trinajstić information content (AvgIpc) is 2.51. The van der Waals surface area contributed by atoms with Gasteiger partial charge in [-0.15, -0.1) is 0 Å². The van der Waals surface area contributed by atoms with E-state index in [1.165, 1.54) is 6.20 Å². The molecule has 2 amide bonds. The Morgan fingerprint density at radius 1 is 1.52 bits per heavy atom. The van der Waals surface area contributed by atoms with Crippen LogP contribution in [0.3, 0.4) is 0 Å². The number of hydrazone groups is 1. The van der Waals surface area contributed by atoms with Crippen LogP contribution in [0, 0.1) is 0 Å². The van der Waals surface area contributed by atoms with E-state index in [0.717, 1.165) is 17.7 Å². The summed E-state index contributed by atoms with van der Waals surface area (Å²) in [5.74, 6) is 4.27. The number of fused-ring (bicyclic) bond motifs is 2. The molecule has 5 N–H and O–H groups in total. The first-order valence-electron chi connectivity index (χ1n) is 6.50. The summed E-state index contributed by atoms with van der Waals surface area (Å²) in [5, 5.41) is 7.10. The largest absolute Gasteiger partial charge is 0.364 e. The van der Waals surface area contributed by atoms with Crippen molar-refractivity contribution in [2.24, 2.45) is 10.9 Å². The Labute approximate surface area is 122 Å². The number of amides is 2. The van der Waals surface area contributed by atoms with Crippen molar-refractivity contribution in [1.82, 2.24) is 16.2 Å². The number of nitrogens with two attached hydrogens (primary N) is 1. The van der Waals surface area contributed by atoms with Crippen molar-refractivity contribution in [2.45, 2.75) is 19.8 Å². The van der Waals surface area contributed by atoms with E-state index >= 15 is 0 Å². The number of allylic oxidation sites excluding steroid dienone is 3. The Morgan fingerprint density at radius 2 is 2.29 bits per heavy atom. The molecule has 2 rings (SSSR count). The van der Waals surface area contributed by atoms with Crippen LogP contribution in [0.2, 0.25) is 0 Å². The number of hydrogen-bond acceptors (Lipinski definition) is 5. The summed E-state index contributed by atoms with van der Waals surface area (Å²) in [6.45, 7) is 5.68. The van der Waals surface area contributed by atoms with Gasteiger partial charge < -0.3 is 5.32 Å². The Bertz CT molecular complexity index is 625. The third-order valence-electron chi connectivity index (χ3n) is 3.26. The maximum absolute atomic E-state index is 11.8. The Balaban J connectivity index is 2.51. The molecule has 0 saturated heterocycles. The van der Waals surface area contributed by atoms with E-state index < -0.39 is 11.8 Å². The van der Waals surface area contributed by atoms with Crippen molar-refractivity contribution in [1.29, 1.82) is 0 Å². The molecule has 0 aliphatic carbocycles. The molecule has 21 heavy (non-hydrogen) atoms. The van der Waals surface area contributed by atoms with Crippen molar-refractivity contribution in [3.05, 3.63) is 47.3 Å². The Morgan fingerprint density at radius 3 is 2.95 bits per heavy atom. The van der Waals surface area contributed by atoms with Crippen LogP contribution in [0.5, 0.6) is 0 Å². The standard InChI is InChI=1S/C14H17N5O2/c1-3-9-5-4-8(2)13(20)19-18-12-6-11(9)16-7-10(12)14(21)17-15/h4-5,7,16H,2-3,6,15H2,1H3,(H,17,21)(H,19,20)/b5-4-,11-9+,18-12+. The zero-order valence-corrected chi connectivity index (χ0v) is 11.7. The minimum Gasteiger partial charge on any atom is -0.364 e. The lowest BCUT2D eigenvalue weighted by Gasteiger charge is -2.21. The molecule has 110 valence electrons. The predicted octanol–water partition coefficient (Wildman–Crippen LogP) is 0.116. The number of nitrogens with one attached hydrogen (secondary N) is 3. The fraction of sp³-hybridized carbons (Fsp3) is 0.214. The van der Waals surface area contributed by atoms with Crippen LogP contribution in [0.25, 0.3) is 0 Å². The van der Waals surface area contributed by atoms with E-state index in [0.29, 0.717) is 17.7 Å². The van der Waals surface area contributed by atoms with Gasteiger partial charge in [0.1, 0.15) is 0 Å². The normalized spacial score (nSPS) is 25.8. The van der Waals surface area contributed by atoms with Crippen molar-refractivity contribution in [2.75, 3.05) is 0 Å². The smallest absolute Gasteiger partial charge is 0.270 e. The number of hydrazine groups is 1. The number of carbonyl (C=O) groups is 2. The number of carbonyl (C=O) groups excluding carboxylic acids is 2. The zero-order valence-electron chi connectivity index (χ0n) is 11.7. The summed E-state index contributed by atoms with van der Waals surface area (Å²) in [4.78, 5) is 23.5.